The molecule has 1 N–H and O–H groups in total. The predicted molar refractivity (Wildman–Crippen MR) is 60.5 cm³/mol. The average Bonchev–Trinajstić information content (AvgIpc) is 2.41. The molecule has 102 valence electrons. The third-order valence-corrected chi connectivity index (χ3v) is 3.13. The Morgan fingerprint density at radius 1 is 1.37 bits per heavy atom. The van der Waals surface area contributed by atoms with Crippen molar-refractivity contribution in [1.82, 2.24) is 9.88 Å². The van der Waals surface area contributed by atoms with Crippen molar-refractivity contribution in [3.05, 3.63) is 29.6 Å². The summed E-state index contributed by atoms with van der Waals surface area (Å²) >= 11 is 0. The highest BCUT2D eigenvalue weighted by Crippen LogP contribution is 2.21. The molecule has 0 saturated carbocycles. The van der Waals surface area contributed by atoms with E-state index < -0.39 is 35.2 Å². The molecule has 1 aromatic heterocycles. The van der Waals surface area contributed by atoms with Gasteiger partial charge in [0, 0.05) is 12.7 Å². The fourth-order valence-electron chi connectivity index (χ4n) is 2.17. The Hall–Kier alpha value is -2.05. The van der Waals surface area contributed by atoms with Crippen LogP contribution in [0.2, 0.25) is 0 Å². The van der Waals surface area contributed by atoms with Crippen LogP contribution in [0.4, 0.5) is 8.78 Å². The number of amides is 1. The summed E-state index contributed by atoms with van der Waals surface area (Å²) in [4.78, 5) is 27.4. The van der Waals surface area contributed by atoms with Crippen LogP contribution >= 0.6 is 0 Å². The first kappa shape index (κ1) is 13.4. The lowest BCUT2D eigenvalue weighted by Gasteiger charge is -2.33. The standard InChI is InChI=1S/C12H12F2N2O3/c13-9-7(4-5-15-10(9)14)11(17)16-6-2-1-3-8(16)12(18)19/h4-5,8H,1-3,6H2,(H,18,19)/t8-/m1/s1. The predicted octanol–water partition coefficient (Wildman–Crippen LogP) is 1.44. The van der Waals surface area contributed by atoms with E-state index in [0.29, 0.717) is 19.3 Å². The van der Waals surface area contributed by atoms with Gasteiger partial charge in [0.15, 0.2) is 5.82 Å². The Labute approximate surface area is 107 Å². The molecule has 0 bridgehead atoms. The number of carbonyl (C=O) groups excluding carboxylic acids is 1. The number of carboxylic acids is 1. The number of aliphatic carboxylic acids is 1. The van der Waals surface area contributed by atoms with Crippen LogP contribution in [0.5, 0.6) is 0 Å². The van der Waals surface area contributed by atoms with E-state index >= 15 is 0 Å². The van der Waals surface area contributed by atoms with Gasteiger partial charge in [0.05, 0.1) is 5.56 Å². The number of hydrogen-bond acceptors (Lipinski definition) is 3. The van der Waals surface area contributed by atoms with Crippen LogP contribution in [0.25, 0.3) is 0 Å². The van der Waals surface area contributed by atoms with Crippen LogP contribution < -0.4 is 0 Å². The fraction of sp³-hybridized carbons (Fsp3) is 0.417. The molecular weight excluding hydrogens is 258 g/mol. The number of likely N-dealkylation sites (tertiary alicyclic amines) is 1. The molecule has 2 rings (SSSR count). The monoisotopic (exact) mass is 270 g/mol. The average molecular weight is 270 g/mol. The van der Waals surface area contributed by atoms with Crippen LogP contribution in [0.1, 0.15) is 29.6 Å². The molecule has 19 heavy (non-hydrogen) atoms. The number of rotatable bonds is 2. The quantitative estimate of drug-likeness (QED) is 0.825. The highest BCUT2D eigenvalue weighted by molar-refractivity contribution is 5.96. The minimum absolute atomic E-state index is 0.221. The van der Waals surface area contributed by atoms with Crippen molar-refractivity contribution in [3.63, 3.8) is 0 Å². The minimum Gasteiger partial charge on any atom is -0.480 e. The summed E-state index contributed by atoms with van der Waals surface area (Å²) in [6, 6.07) is 0.0609. The summed E-state index contributed by atoms with van der Waals surface area (Å²) in [5.74, 6) is -4.66. The van der Waals surface area contributed by atoms with E-state index in [9.17, 15) is 18.4 Å². The Kier molecular flexibility index (Phi) is 3.73. The van der Waals surface area contributed by atoms with Gasteiger partial charge in [-0.1, -0.05) is 0 Å². The molecule has 1 aliphatic rings. The summed E-state index contributed by atoms with van der Waals surface area (Å²) in [5.41, 5.74) is -0.486. The molecule has 2 heterocycles. The molecule has 1 aliphatic heterocycles. The Bertz CT molecular complexity index is 522. The number of pyridine rings is 1. The van der Waals surface area contributed by atoms with Gasteiger partial charge >= 0.3 is 5.97 Å². The van der Waals surface area contributed by atoms with Gasteiger partial charge in [-0.15, -0.1) is 0 Å². The number of halogens is 2. The molecule has 7 heteroatoms. The summed E-state index contributed by atoms with van der Waals surface area (Å²) in [5, 5.41) is 9.05. The molecular formula is C12H12F2N2O3. The van der Waals surface area contributed by atoms with Crippen molar-refractivity contribution in [3.8, 4) is 0 Å². The molecule has 0 unspecified atom stereocenters. The van der Waals surface area contributed by atoms with E-state index in [1.807, 2.05) is 0 Å². The number of piperidine rings is 1. The third kappa shape index (κ3) is 2.54. The van der Waals surface area contributed by atoms with Crippen LogP contribution in [0, 0.1) is 11.8 Å². The SMILES string of the molecule is O=C(O)[C@H]1CCCCN1C(=O)c1ccnc(F)c1F. The van der Waals surface area contributed by atoms with E-state index in [-0.39, 0.29) is 6.54 Å². The molecule has 1 aromatic rings. The molecule has 1 amide bonds. The van der Waals surface area contributed by atoms with Crippen LogP contribution in [0.15, 0.2) is 12.3 Å². The zero-order valence-electron chi connectivity index (χ0n) is 9.97. The number of hydrogen-bond donors (Lipinski definition) is 1. The van der Waals surface area contributed by atoms with Crippen molar-refractivity contribution in [1.29, 1.82) is 0 Å². The first-order valence-electron chi connectivity index (χ1n) is 5.86. The van der Waals surface area contributed by atoms with Crippen molar-refractivity contribution in [2.45, 2.75) is 25.3 Å². The number of aromatic nitrogens is 1. The summed E-state index contributed by atoms with van der Waals surface area (Å²) in [6.45, 7) is 0.221. The largest absolute Gasteiger partial charge is 0.480 e. The molecule has 1 saturated heterocycles. The summed E-state index contributed by atoms with van der Waals surface area (Å²) in [7, 11) is 0. The smallest absolute Gasteiger partial charge is 0.326 e. The Morgan fingerprint density at radius 3 is 2.79 bits per heavy atom. The lowest BCUT2D eigenvalue weighted by atomic mass is 10.0. The van der Waals surface area contributed by atoms with Crippen molar-refractivity contribution >= 4 is 11.9 Å². The molecule has 5 nitrogen and oxygen atoms in total. The lowest BCUT2D eigenvalue weighted by molar-refractivity contribution is -0.143. The first-order valence-corrected chi connectivity index (χ1v) is 5.86. The number of carboxylic acid groups (broad SMARTS) is 1. The highest BCUT2D eigenvalue weighted by Gasteiger charge is 2.33. The maximum absolute atomic E-state index is 13.5. The number of nitrogens with zero attached hydrogens (tertiary/aromatic N) is 2. The van der Waals surface area contributed by atoms with E-state index in [1.165, 1.54) is 0 Å². The second kappa shape index (κ2) is 5.29. The van der Waals surface area contributed by atoms with E-state index in [0.717, 1.165) is 17.2 Å². The molecule has 1 fully saturated rings. The van der Waals surface area contributed by atoms with Crippen molar-refractivity contribution < 1.29 is 23.5 Å². The Morgan fingerprint density at radius 2 is 2.11 bits per heavy atom. The molecule has 0 radical (unpaired) electrons. The minimum atomic E-state index is -1.37. The second-order valence-electron chi connectivity index (χ2n) is 4.31. The summed E-state index contributed by atoms with van der Waals surface area (Å²) in [6.07, 6.45) is 2.63. The van der Waals surface area contributed by atoms with Gasteiger partial charge in [0.1, 0.15) is 6.04 Å². The van der Waals surface area contributed by atoms with Crippen LogP contribution in [-0.2, 0) is 4.79 Å². The maximum Gasteiger partial charge on any atom is 0.326 e. The topological polar surface area (TPSA) is 70.5 Å². The van der Waals surface area contributed by atoms with E-state index in [1.54, 1.807) is 0 Å². The van der Waals surface area contributed by atoms with Gasteiger partial charge in [-0.25, -0.2) is 14.2 Å². The maximum atomic E-state index is 13.5. The van der Waals surface area contributed by atoms with Gasteiger partial charge in [0.2, 0.25) is 5.95 Å². The molecule has 0 spiro atoms. The van der Waals surface area contributed by atoms with Crippen molar-refractivity contribution in [2.75, 3.05) is 6.54 Å². The number of carbonyl (C=O) groups is 2. The van der Waals surface area contributed by atoms with Gasteiger partial charge in [-0.3, -0.25) is 4.79 Å². The highest BCUT2D eigenvalue weighted by atomic mass is 19.2. The van der Waals surface area contributed by atoms with E-state index in [2.05, 4.69) is 4.98 Å². The van der Waals surface area contributed by atoms with Gasteiger partial charge in [0.25, 0.3) is 5.91 Å². The van der Waals surface area contributed by atoms with Gasteiger partial charge in [-0.2, -0.15) is 4.39 Å². The Balaban J connectivity index is 2.31. The fourth-order valence-corrected chi connectivity index (χ4v) is 2.17. The van der Waals surface area contributed by atoms with Crippen LogP contribution in [-0.4, -0.2) is 39.5 Å². The molecule has 1 atom stereocenters. The van der Waals surface area contributed by atoms with E-state index in [4.69, 9.17) is 5.11 Å². The van der Waals surface area contributed by atoms with Gasteiger partial charge in [-0.05, 0) is 25.3 Å². The van der Waals surface area contributed by atoms with Gasteiger partial charge < -0.3 is 10.0 Å². The lowest BCUT2D eigenvalue weighted by Crippen LogP contribution is -2.48. The second-order valence-corrected chi connectivity index (χ2v) is 4.31. The van der Waals surface area contributed by atoms with Crippen molar-refractivity contribution in [2.24, 2.45) is 0 Å². The zero-order chi connectivity index (χ0) is 14.0. The molecule has 0 aromatic carbocycles. The first-order chi connectivity index (χ1) is 9.02. The van der Waals surface area contributed by atoms with Crippen LogP contribution in [0.3, 0.4) is 0 Å². The zero-order valence-corrected chi connectivity index (χ0v) is 9.97. The molecule has 0 aliphatic carbocycles. The summed E-state index contributed by atoms with van der Waals surface area (Å²) < 4.78 is 26.5. The normalized spacial score (nSPS) is 19.3. The third-order valence-electron chi connectivity index (χ3n) is 3.13.